The summed E-state index contributed by atoms with van der Waals surface area (Å²) in [7, 11) is 0. The van der Waals surface area contributed by atoms with Gasteiger partial charge in [0, 0.05) is 24.6 Å². The SMILES string of the molecule is Cc1cc(NC(=O)C(=O)N2C[C@H](C)C(F)(F)C[C@H]2c2ccc(F)cc2)cnc1C. The zero-order valence-electron chi connectivity index (χ0n) is 16.4. The molecule has 0 radical (unpaired) electrons. The predicted octanol–water partition coefficient (Wildman–Crippen LogP) is 4.02. The maximum absolute atomic E-state index is 14.4. The summed E-state index contributed by atoms with van der Waals surface area (Å²) < 4.78 is 42.0. The van der Waals surface area contributed by atoms with Crippen molar-refractivity contribution in [3.63, 3.8) is 0 Å². The molecule has 0 spiro atoms. The highest BCUT2D eigenvalue weighted by molar-refractivity contribution is 6.39. The molecule has 5 nitrogen and oxygen atoms in total. The third kappa shape index (κ3) is 4.41. The number of carbonyl (C=O) groups excluding carboxylic acids is 2. The van der Waals surface area contributed by atoms with E-state index in [-0.39, 0.29) is 6.54 Å². The molecule has 154 valence electrons. The molecule has 1 aliphatic rings. The number of halogens is 3. The van der Waals surface area contributed by atoms with Crippen LogP contribution in [0.3, 0.4) is 0 Å². The summed E-state index contributed by atoms with van der Waals surface area (Å²) in [6.45, 7) is 4.69. The smallest absolute Gasteiger partial charge is 0.313 e. The van der Waals surface area contributed by atoms with Crippen molar-refractivity contribution < 1.29 is 22.8 Å². The number of likely N-dealkylation sites (tertiary alicyclic amines) is 1. The molecule has 1 aromatic heterocycles. The van der Waals surface area contributed by atoms with Crippen molar-refractivity contribution in [2.75, 3.05) is 11.9 Å². The summed E-state index contributed by atoms with van der Waals surface area (Å²) in [5.41, 5.74) is 2.33. The second-order valence-electron chi connectivity index (χ2n) is 7.47. The van der Waals surface area contributed by atoms with Gasteiger partial charge in [-0.1, -0.05) is 19.1 Å². The summed E-state index contributed by atoms with van der Waals surface area (Å²) in [6, 6.07) is 5.66. The maximum atomic E-state index is 14.4. The fourth-order valence-corrected chi connectivity index (χ4v) is 3.36. The topological polar surface area (TPSA) is 62.3 Å². The van der Waals surface area contributed by atoms with Crippen LogP contribution in [0, 0.1) is 25.6 Å². The van der Waals surface area contributed by atoms with E-state index in [4.69, 9.17) is 0 Å². The lowest BCUT2D eigenvalue weighted by Crippen LogP contribution is -2.52. The zero-order valence-corrected chi connectivity index (χ0v) is 16.4. The number of nitrogens with zero attached hydrogens (tertiary/aromatic N) is 2. The third-order valence-electron chi connectivity index (χ3n) is 5.34. The quantitative estimate of drug-likeness (QED) is 0.768. The van der Waals surface area contributed by atoms with Gasteiger partial charge in [0.25, 0.3) is 5.92 Å². The summed E-state index contributed by atoms with van der Waals surface area (Å²) in [4.78, 5) is 30.6. The maximum Gasteiger partial charge on any atom is 0.313 e. The summed E-state index contributed by atoms with van der Waals surface area (Å²) >= 11 is 0. The van der Waals surface area contributed by atoms with Gasteiger partial charge in [-0.2, -0.15) is 0 Å². The fraction of sp³-hybridized carbons (Fsp3) is 0.381. The average Bonchev–Trinajstić information content (AvgIpc) is 2.66. The molecule has 1 fully saturated rings. The number of piperidine rings is 1. The number of hydrogen-bond donors (Lipinski definition) is 1. The second kappa shape index (κ2) is 7.85. The van der Waals surface area contributed by atoms with Gasteiger partial charge in [-0.05, 0) is 43.2 Å². The Balaban J connectivity index is 1.85. The molecule has 2 atom stereocenters. The molecule has 1 N–H and O–H groups in total. The lowest BCUT2D eigenvalue weighted by atomic mass is 9.86. The number of hydrogen-bond acceptors (Lipinski definition) is 3. The number of alkyl halides is 2. The molecule has 2 aromatic rings. The van der Waals surface area contributed by atoms with Crippen molar-refractivity contribution in [3.8, 4) is 0 Å². The minimum absolute atomic E-state index is 0.285. The Morgan fingerprint density at radius 2 is 1.86 bits per heavy atom. The van der Waals surface area contributed by atoms with Crippen molar-refractivity contribution in [3.05, 3.63) is 59.2 Å². The second-order valence-corrected chi connectivity index (χ2v) is 7.47. The van der Waals surface area contributed by atoms with Crippen molar-refractivity contribution in [1.82, 2.24) is 9.88 Å². The monoisotopic (exact) mass is 405 g/mol. The van der Waals surface area contributed by atoms with Gasteiger partial charge in [0.15, 0.2) is 0 Å². The first-order chi connectivity index (χ1) is 13.6. The van der Waals surface area contributed by atoms with Gasteiger partial charge in [0.2, 0.25) is 0 Å². The van der Waals surface area contributed by atoms with E-state index in [1.807, 2.05) is 13.8 Å². The fourth-order valence-electron chi connectivity index (χ4n) is 3.36. The van der Waals surface area contributed by atoms with Crippen LogP contribution in [0.4, 0.5) is 18.9 Å². The minimum atomic E-state index is -3.01. The first-order valence-corrected chi connectivity index (χ1v) is 9.27. The van der Waals surface area contributed by atoms with Gasteiger partial charge in [0.05, 0.1) is 17.9 Å². The Morgan fingerprint density at radius 3 is 2.48 bits per heavy atom. The van der Waals surface area contributed by atoms with Gasteiger partial charge >= 0.3 is 11.8 Å². The Morgan fingerprint density at radius 1 is 1.21 bits per heavy atom. The molecule has 0 aliphatic carbocycles. The molecular weight excluding hydrogens is 383 g/mol. The van der Waals surface area contributed by atoms with E-state index in [0.29, 0.717) is 11.3 Å². The third-order valence-corrected chi connectivity index (χ3v) is 5.34. The molecule has 29 heavy (non-hydrogen) atoms. The number of benzene rings is 1. The molecule has 2 amide bonds. The number of amides is 2. The Hall–Kier alpha value is -2.90. The van der Waals surface area contributed by atoms with Crippen LogP contribution in [0.25, 0.3) is 0 Å². The number of rotatable bonds is 2. The first-order valence-electron chi connectivity index (χ1n) is 9.27. The van der Waals surface area contributed by atoms with Crippen molar-refractivity contribution >= 4 is 17.5 Å². The van der Waals surface area contributed by atoms with Gasteiger partial charge in [-0.3, -0.25) is 14.6 Å². The lowest BCUT2D eigenvalue weighted by Gasteiger charge is -2.42. The number of anilines is 1. The van der Waals surface area contributed by atoms with E-state index in [9.17, 15) is 22.8 Å². The van der Waals surface area contributed by atoms with Gasteiger partial charge in [-0.25, -0.2) is 13.2 Å². The van der Waals surface area contributed by atoms with Crippen LogP contribution >= 0.6 is 0 Å². The highest BCUT2D eigenvalue weighted by atomic mass is 19.3. The zero-order chi connectivity index (χ0) is 21.3. The minimum Gasteiger partial charge on any atom is -0.327 e. The molecule has 0 saturated carbocycles. The summed E-state index contributed by atoms with van der Waals surface area (Å²) in [6.07, 6.45) is 0.794. The van der Waals surface area contributed by atoms with E-state index in [1.54, 1.807) is 6.07 Å². The Kier molecular flexibility index (Phi) is 5.64. The van der Waals surface area contributed by atoms with E-state index >= 15 is 0 Å². The van der Waals surface area contributed by atoms with Crippen molar-refractivity contribution in [1.29, 1.82) is 0 Å². The van der Waals surface area contributed by atoms with Crippen LogP contribution in [0.15, 0.2) is 36.5 Å². The molecule has 8 heteroatoms. The molecule has 1 aliphatic heterocycles. The standard InChI is InChI=1S/C21H22F3N3O2/c1-12-8-17(10-25-14(12)3)26-19(28)20(29)27-11-13(2)21(23,24)9-18(27)15-4-6-16(22)7-5-15/h4-8,10,13,18H,9,11H2,1-3H3,(H,26,28)/t13-,18-/m0/s1. The van der Waals surface area contributed by atoms with E-state index in [1.165, 1.54) is 25.3 Å². The highest BCUT2D eigenvalue weighted by Crippen LogP contribution is 2.43. The first kappa shape index (κ1) is 20.8. The summed E-state index contributed by atoms with van der Waals surface area (Å²) in [5, 5.41) is 2.48. The van der Waals surface area contributed by atoms with Crippen LogP contribution < -0.4 is 5.32 Å². The Labute approximate surface area is 166 Å². The number of aromatic nitrogens is 1. The molecule has 1 saturated heterocycles. The van der Waals surface area contributed by atoms with Crippen LogP contribution in [0.2, 0.25) is 0 Å². The van der Waals surface area contributed by atoms with Crippen molar-refractivity contribution in [2.45, 2.75) is 39.2 Å². The molecule has 2 heterocycles. The largest absolute Gasteiger partial charge is 0.327 e. The number of pyridine rings is 1. The molecule has 0 unspecified atom stereocenters. The van der Waals surface area contributed by atoms with Crippen molar-refractivity contribution in [2.24, 2.45) is 5.92 Å². The lowest BCUT2D eigenvalue weighted by molar-refractivity contribution is -0.159. The predicted molar refractivity (Wildman–Crippen MR) is 102 cm³/mol. The molecule has 3 rings (SSSR count). The van der Waals surface area contributed by atoms with E-state index in [0.717, 1.165) is 28.3 Å². The van der Waals surface area contributed by atoms with Gasteiger partial charge in [0.1, 0.15) is 5.82 Å². The van der Waals surface area contributed by atoms with Gasteiger partial charge < -0.3 is 10.2 Å². The number of nitrogens with one attached hydrogen (secondary N) is 1. The van der Waals surface area contributed by atoms with Gasteiger partial charge in [-0.15, -0.1) is 0 Å². The average molecular weight is 405 g/mol. The van der Waals surface area contributed by atoms with E-state index < -0.39 is 41.9 Å². The van der Waals surface area contributed by atoms with Crippen LogP contribution in [0.1, 0.15) is 36.2 Å². The van der Waals surface area contributed by atoms with Crippen LogP contribution in [-0.2, 0) is 9.59 Å². The Bertz CT molecular complexity index is 931. The molecular formula is C21H22F3N3O2. The van der Waals surface area contributed by atoms with Crippen LogP contribution in [-0.4, -0.2) is 34.2 Å². The highest BCUT2D eigenvalue weighted by Gasteiger charge is 2.48. The summed E-state index contributed by atoms with van der Waals surface area (Å²) in [5.74, 6) is -6.48. The molecule has 1 aromatic carbocycles. The number of aryl methyl sites for hydroxylation is 2. The molecule has 0 bridgehead atoms. The normalized spacial score (nSPS) is 21.0. The van der Waals surface area contributed by atoms with E-state index in [2.05, 4.69) is 10.3 Å². The van der Waals surface area contributed by atoms with Crippen LogP contribution in [0.5, 0.6) is 0 Å². The number of carbonyl (C=O) groups is 2.